The average molecular weight is 594 g/mol. The molecule has 0 radical (unpaired) electrons. The molecule has 42 heavy (non-hydrogen) atoms. The number of aliphatic hydroxyl groups is 4. The summed E-state index contributed by atoms with van der Waals surface area (Å²) in [4.78, 5) is 11.4. The van der Waals surface area contributed by atoms with Gasteiger partial charge in [-0.1, -0.05) is 19.9 Å². The van der Waals surface area contributed by atoms with Crippen LogP contribution in [-0.2, 0) is 16.0 Å². The van der Waals surface area contributed by atoms with Crippen molar-refractivity contribution >= 4 is 12.1 Å². The van der Waals surface area contributed by atoms with Gasteiger partial charge in [0, 0.05) is 30.4 Å². The van der Waals surface area contributed by atoms with E-state index in [0.717, 1.165) is 34.6 Å². The molecular formula is C29H47N5O8. The summed E-state index contributed by atoms with van der Waals surface area (Å²) in [5.74, 6) is 0.837. The number of rotatable bonds is 20. The highest BCUT2D eigenvalue weighted by Crippen LogP contribution is 2.30. The van der Waals surface area contributed by atoms with Crippen molar-refractivity contribution in [2.75, 3.05) is 33.1 Å². The largest absolute Gasteiger partial charge is 0.494 e. The first-order valence-electron chi connectivity index (χ1n) is 14.0. The predicted octanol–water partition coefficient (Wildman–Crippen LogP) is 0.748. The number of carbonyl (C=O) groups is 1. The van der Waals surface area contributed by atoms with Crippen LogP contribution in [-0.4, -0.2) is 100 Å². The number of aliphatic hydroxyl groups excluding tert-OH is 4. The van der Waals surface area contributed by atoms with Crippen LogP contribution in [0.2, 0.25) is 0 Å². The van der Waals surface area contributed by atoms with Crippen LogP contribution in [0.5, 0.6) is 11.6 Å². The Morgan fingerprint density at radius 2 is 1.93 bits per heavy atom. The molecule has 0 aliphatic heterocycles. The van der Waals surface area contributed by atoms with Crippen LogP contribution in [0.25, 0.3) is 0 Å². The third-order valence-corrected chi connectivity index (χ3v) is 7.03. The highest BCUT2D eigenvalue weighted by atomic mass is 16.7. The van der Waals surface area contributed by atoms with Gasteiger partial charge in [-0.2, -0.15) is 0 Å². The van der Waals surface area contributed by atoms with Crippen LogP contribution >= 0.6 is 0 Å². The van der Waals surface area contributed by atoms with E-state index in [9.17, 15) is 25.2 Å². The Balaban J connectivity index is 1.98. The highest BCUT2D eigenvalue weighted by molar-refractivity contribution is 5.80. The van der Waals surface area contributed by atoms with Gasteiger partial charge in [0.2, 0.25) is 11.8 Å². The molecule has 4 atom stereocenters. The topological polar surface area (TPSA) is 216 Å². The third kappa shape index (κ3) is 10.0. The van der Waals surface area contributed by atoms with E-state index in [1.165, 1.54) is 0 Å². The highest BCUT2D eigenvalue weighted by Gasteiger charge is 2.31. The molecule has 0 saturated carbocycles. The number of nitrogens with two attached hydrogens (primary N) is 1. The first kappa shape index (κ1) is 35.1. The number of aromatic amines is 1. The summed E-state index contributed by atoms with van der Waals surface area (Å²) in [7, 11) is 0. The summed E-state index contributed by atoms with van der Waals surface area (Å²) in [5, 5.41) is 56.8. The Labute approximate surface area is 246 Å². The van der Waals surface area contributed by atoms with Gasteiger partial charge in [-0.3, -0.25) is 9.89 Å². The van der Waals surface area contributed by atoms with Crippen molar-refractivity contribution in [2.45, 2.75) is 77.8 Å². The third-order valence-electron chi connectivity index (χ3n) is 7.03. The molecular weight excluding hydrogens is 546 g/mol. The van der Waals surface area contributed by atoms with E-state index in [1.54, 1.807) is 13.8 Å². The van der Waals surface area contributed by atoms with Gasteiger partial charge in [-0.05, 0) is 62.9 Å². The van der Waals surface area contributed by atoms with Crippen LogP contribution in [0.4, 0.5) is 0 Å². The average Bonchev–Trinajstić information content (AvgIpc) is 3.35. The molecule has 0 aliphatic rings. The number of carbonyl (C=O) groups excluding carboxylic acids is 1. The first-order chi connectivity index (χ1) is 19.8. The van der Waals surface area contributed by atoms with Gasteiger partial charge in [-0.25, -0.2) is 0 Å². The van der Waals surface area contributed by atoms with E-state index in [1.807, 2.05) is 39.0 Å². The summed E-state index contributed by atoms with van der Waals surface area (Å²) in [5.41, 5.74) is 8.58. The van der Waals surface area contributed by atoms with Gasteiger partial charge in [-0.15, -0.1) is 5.10 Å². The molecule has 1 heterocycles. The molecule has 0 fully saturated rings. The molecule has 0 bridgehead atoms. The number of H-pyrrole nitrogens is 1. The number of nitrogens with zero attached hydrogens (tertiary/aromatic N) is 1. The normalized spacial score (nSPS) is 14.8. The van der Waals surface area contributed by atoms with E-state index >= 15 is 0 Å². The standard InChI is InChI=1S/C29H47N5O8/c1-17(2)24-21(27(34-33-24)42-16-41-23(14-35)26(38)25(37)22(36)13-30)12-19-7-8-20(11-18(19)3)40-10-6-9-32-15-29(4,5)28(31)39/h7-8,11,13,17,22-23,25-26,30,32,35-38H,6,9-10,12,14-16H2,1-5H3,(H2,31,39)(H,33,34)/t22?,23?,25?,26-/m1/s1. The molecule has 13 nitrogen and oxygen atoms in total. The fraction of sp³-hybridized carbons (Fsp3) is 0.621. The van der Waals surface area contributed by atoms with E-state index in [-0.39, 0.29) is 18.6 Å². The molecule has 2 rings (SSSR count). The zero-order valence-corrected chi connectivity index (χ0v) is 25.1. The Bertz CT molecular complexity index is 1140. The molecule has 0 aliphatic carbocycles. The molecule has 9 N–H and O–H groups in total. The van der Waals surface area contributed by atoms with Crippen molar-refractivity contribution in [3.05, 3.63) is 40.6 Å². The summed E-state index contributed by atoms with van der Waals surface area (Å²) in [6, 6.07) is 5.87. The number of amides is 1. The zero-order valence-electron chi connectivity index (χ0n) is 25.1. The first-order valence-corrected chi connectivity index (χ1v) is 14.0. The maximum absolute atomic E-state index is 11.4. The quantitative estimate of drug-likeness (QED) is 0.0612. The van der Waals surface area contributed by atoms with Crippen molar-refractivity contribution in [1.82, 2.24) is 15.5 Å². The van der Waals surface area contributed by atoms with Crippen LogP contribution in [0, 0.1) is 17.7 Å². The Hall–Kier alpha value is -3.07. The molecule has 2 aromatic rings. The van der Waals surface area contributed by atoms with Crippen LogP contribution < -0.4 is 20.5 Å². The molecule has 1 amide bonds. The van der Waals surface area contributed by atoms with Gasteiger partial charge >= 0.3 is 0 Å². The molecule has 3 unspecified atom stereocenters. The lowest BCUT2D eigenvalue weighted by Crippen LogP contribution is -2.47. The number of ether oxygens (including phenoxy) is 3. The summed E-state index contributed by atoms with van der Waals surface area (Å²) in [6.07, 6.45) is -4.35. The smallest absolute Gasteiger partial charge is 0.238 e. The van der Waals surface area contributed by atoms with Gasteiger partial charge in [0.25, 0.3) is 0 Å². The molecule has 0 saturated heterocycles. The zero-order chi connectivity index (χ0) is 31.4. The van der Waals surface area contributed by atoms with Gasteiger partial charge < -0.3 is 51.1 Å². The maximum atomic E-state index is 11.4. The van der Waals surface area contributed by atoms with Crippen molar-refractivity contribution < 1.29 is 39.4 Å². The number of primary amides is 1. The molecule has 236 valence electrons. The van der Waals surface area contributed by atoms with E-state index in [4.69, 9.17) is 25.4 Å². The minimum absolute atomic E-state index is 0.126. The van der Waals surface area contributed by atoms with E-state index in [0.29, 0.717) is 38.2 Å². The molecule has 13 heteroatoms. The second kappa shape index (κ2) is 16.5. The van der Waals surface area contributed by atoms with Crippen LogP contribution in [0.1, 0.15) is 62.4 Å². The second-order valence-electron chi connectivity index (χ2n) is 11.3. The molecule has 0 spiro atoms. The SMILES string of the molecule is Cc1cc(OCCCNCC(C)(C)C(N)=O)ccc1Cc1c(OCOC(CO)[C@@H](O)C(O)C(O)C=N)n[nH]c1C(C)C. The van der Waals surface area contributed by atoms with Gasteiger partial charge in [0.05, 0.1) is 18.6 Å². The molecule has 1 aromatic carbocycles. The number of aryl methyl sites for hydroxylation is 1. The van der Waals surface area contributed by atoms with E-state index < -0.39 is 36.4 Å². The number of nitrogens with one attached hydrogen (secondary N) is 3. The number of hydrogen-bond acceptors (Lipinski definition) is 11. The van der Waals surface area contributed by atoms with Crippen LogP contribution in [0.3, 0.4) is 0 Å². The Morgan fingerprint density at radius 3 is 2.52 bits per heavy atom. The minimum Gasteiger partial charge on any atom is -0.494 e. The lowest BCUT2D eigenvalue weighted by molar-refractivity contribution is -0.148. The minimum atomic E-state index is -1.71. The Kier molecular flexibility index (Phi) is 13.8. The van der Waals surface area contributed by atoms with Crippen LogP contribution in [0.15, 0.2) is 18.2 Å². The van der Waals surface area contributed by atoms with Crippen molar-refractivity contribution in [3.8, 4) is 11.6 Å². The second-order valence-corrected chi connectivity index (χ2v) is 11.3. The van der Waals surface area contributed by atoms with Crippen molar-refractivity contribution in [3.63, 3.8) is 0 Å². The van der Waals surface area contributed by atoms with Crippen molar-refractivity contribution in [2.24, 2.45) is 11.1 Å². The fourth-order valence-corrected chi connectivity index (χ4v) is 4.11. The lowest BCUT2D eigenvalue weighted by atomic mass is 9.93. The lowest BCUT2D eigenvalue weighted by Gasteiger charge is -2.26. The molecule has 1 aromatic heterocycles. The van der Waals surface area contributed by atoms with Gasteiger partial charge in [0.15, 0.2) is 6.79 Å². The monoisotopic (exact) mass is 593 g/mol. The Morgan fingerprint density at radius 1 is 1.21 bits per heavy atom. The number of benzene rings is 1. The number of aromatic nitrogens is 2. The predicted molar refractivity (Wildman–Crippen MR) is 157 cm³/mol. The maximum Gasteiger partial charge on any atom is 0.238 e. The van der Waals surface area contributed by atoms with Crippen molar-refractivity contribution in [1.29, 1.82) is 5.41 Å². The summed E-state index contributed by atoms with van der Waals surface area (Å²) < 4.78 is 17.1. The fourth-order valence-electron chi connectivity index (χ4n) is 4.11. The van der Waals surface area contributed by atoms with Gasteiger partial charge in [0.1, 0.15) is 30.2 Å². The summed E-state index contributed by atoms with van der Waals surface area (Å²) >= 11 is 0. The summed E-state index contributed by atoms with van der Waals surface area (Å²) in [6.45, 7) is 10.3. The number of hydrogen-bond donors (Lipinski definition) is 8. The van der Waals surface area contributed by atoms with E-state index in [2.05, 4.69) is 15.5 Å².